The second-order valence-corrected chi connectivity index (χ2v) is 5.05. The number of rotatable bonds is 2. The molecule has 3 rings (SSSR count). The number of piperidine rings is 1. The van der Waals surface area contributed by atoms with Gasteiger partial charge in [0.1, 0.15) is 11.3 Å². The normalized spacial score (nSPS) is 14.8. The fraction of sp³-hybridized carbons (Fsp3) is 0.333. The smallest absolute Gasteiger partial charge is 0.354 e. The van der Waals surface area contributed by atoms with Crippen LogP contribution in [0, 0.1) is 0 Å². The summed E-state index contributed by atoms with van der Waals surface area (Å²) < 4.78 is 0. The van der Waals surface area contributed by atoms with Crippen molar-refractivity contribution in [3.8, 4) is 5.75 Å². The number of hydrogen-bond donors (Lipinski definition) is 2. The second-order valence-electron chi connectivity index (χ2n) is 5.05. The molecule has 0 aliphatic carbocycles. The largest absolute Gasteiger partial charge is 0.506 e. The topological polar surface area (TPSA) is 73.7 Å². The monoisotopic (exact) mass is 308 g/mol. The van der Waals surface area contributed by atoms with E-state index >= 15 is 0 Å². The number of hydrogen-bond acceptors (Lipinski definition) is 4. The first-order valence-corrected chi connectivity index (χ1v) is 6.78. The average molecular weight is 309 g/mol. The number of aromatic nitrogens is 1. The second kappa shape index (κ2) is 6.18. The maximum atomic E-state index is 11.2. The van der Waals surface area contributed by atoms with Crippen LogP contribution in [-0.4, -0.2) is 34.3 Å². The molecule has 2 heterocycles. The molecule has 21 heavy (non-hydrogen) atoms. The summed E-state index contributed by atoms with van der Waals surface area (Å²) in [7, 11) is 0. The van der Waals surface area contributed by atoms with Crippen molar-refractivity contribution in [3.05, 3.63) is 30.0 Å². The van der Waals surface area contributed by atoms with Gasteiger partial charge in [-0.05, 0) is 31.4 Å². The van der Waals surface area contributed by atoms with Gasteiger partial charge in [-0.2, -0.15) is 0 Å². The molecule has 0 spiro atoms. The summed E-state index contributed by atoms with van der Waals surface area (Å²) in [6, 6.07) is 6.77. The third-order valence-electron chi connectivity index (χ3n) is 3.71. The Morgan fingerprint density at radius 1 is 1.19 bits per heavy atom. The quantitative estimate of drug-likeness (QED) is 0.892. The Bertz CT molecular complexity index is 669. The van der Waals surface area contributed by atoms with Crippen LogP contribution < -0.4 is 4.90 Å². The molecule has 5 nitrogen and oxygen atoms in total. The summed E-state index contributed by atoms with van der Waals surface area (Å²) in [6.07, 6.45) is 3.41. The molecule has 0 atom stereocenters. The van der Waals surface area contributed by atoms with Gasteiger partial charge in [-0.3, -0.25) is 0 Å². The van der Waals surface area contributed by atoms with E-state index in [2.05, 4.69) is 9.88 Å². The van der Waals surface area contributed by atoms with Crippen molar-refractivity contribution in [2.75, 3.05) is 18.0 Å². The minimum Gasteiger partial charge on any atom is -0.506 e. The SMILES string of the molecule is Cl.O=C(O)c1cc(N2CCCCC2)c2cccc(O)c2n1. The van der Waals surface area contributed by atoms with Crippen LogP contribution in [0.4, 0.5) is 5.69 Å². The molecule has 0 unspecified atom stereocenters. The number of fused-ring (bicyclic) bond motifs is 1. The Morgan fingerprint density at radius 2 is 1.90 bits per heavy atom. The zero-order chi connectivity index (χ0) is 14.1. The predicted molar refractivity (Wildman–Crippen MR) is 83.7 cm³/mol. The summed E-state index contributed by atoms with van der Waals surface area (Å²) in [5.74, 6) is -1.06. The fourth-order valence-corrected chi connectivity index (χ4v) is 2.72. The van der Waals surface area contributed by atoms with E-state index in [1.165, 1.54) is 12.5 Å². The van der Waals surface area contributed by atoms with E-state index in [0.717, 1.165) is 37.0 Å². The zero-order valence-corrected chi connectivity index (χ0v) is 12.3. The lowest BCUT2D eigenvalue weighted by Crippen LogP contribution is -2.29. The molecule has 0 radical (unpaired) electrons. The first-order chi connectivity index (χ1) is 9.66. The van der Waals surface area contributed by atoms with Crippen LogP contribution in [0.2, 0.25) is 0 Å². The number of carbonyl (C=O) groups is 1. The molecule has 0 amide bonds. The van der Waals surface area contributed by atoms with Gasteiger partial charge in [0, 0.05) is 24.2 Å². The zero-order valence-electron chi connectivity index (χ0n) is 11.5. The van der Waals surface area contributed by atoms with Crippen molar-refractivity contribution < 1.29 is 15.0 Å². The van der Waals surface area contributed by atoms with E-state index in [9.17, 15) is 15.0 Å². The van der Waals surface area contributed by atoms with Crippen LogP contribution in [-0.2, 0) is 0 Å². The highest BCUT2D eigenvalue weighted by Gasteiger charge is 2.18. The lowest BCUT2D eigenvalue weighted by atomic mass is 10.1. The number of anilines is 1. The highest BCUT2D eigenvalue weighted by molar-refractivity contribution is 5.99. The number of carboxylic acid groups (broad SMARTS) is 1. The number of aromatic hydroxyl groups is 1. The maximum absolute atomic E-state index is 11.2. The van der Waals surface area contributed by atoms with E-state index in [4.69, 9.17) is 0 Å². The van der Waals surface area contributed by atoms with Crippen LogP contribution in [0.3, 0.4) is 0 Å². The molecule has 1 aliphatic rings. The van der Waals surface area contributed by atoms with Gasteiger partial charge in [0.15, 0.2) is 5.69 Å². The first-order valence-electron chi connectivity index (χ1n) is 6.78. The fourth-order valence-electron chi connectivity index (χ4n) is 2.72. The van der Waals surface area contributed by atoms with Gasteiger partial charge in [0.05, 0.1) is 0 Å². The number of aromatic carboxylic acids is 1. The number of phenols is 1. The van der Waals surface area contributed by atoms with Gasteiger partial charge < -0.3 is 15.1 Å². The highest BCUT2D eigenvalue weighted by Crippen LogP contribution is 2.33. The molecule has 6 heteroatoms. The van der Waals surface area contributed by atoms with Gasteiger partial charge in [-0.15, -0.1) is 12.4 Å². The van der Waals surface area contributed by atoms with Crippen molar-refractivity contribution in [2.45, 2.75) is 19.3 Å². The molecule has 0 bridgehead atoms. The van der Waals surface area contributed by atoms with E-state index in [1.807, 2.05) is 6.07 Å². The van der Waals surface area contributed by atoms with Crippen molar-refractivity contribution in [3.63, 3.8) is 0 Å². The predicted octanol–water partition coefficient (Wildman–Crippen LogP) is 3.05. The maximum Gasteiger partial charge on any atom is 0.354 e. The molecule has 2 aromatic rings. The van der Waals surface area contributed by atoms with Gasteiger partial charge in [0.2, 0.25) is 0 Å². The molecule has 1 aliphatic heterocycles. The lowest BCUT2D eigenvalue weighted by Gasteiger charge is -2.30. The van der Waals surface area contributed by atoms with Gasteiger partial charge >= 0.3 is 5.97 Å². The molecule has 1 aromatic heterocycles. The first kappa shape index (κ1) is 15.4. The molecule has 1 fully saturated rings. The number of halogens is 1. The molecule has 1 saturated heterocycles. The Balaban J connectivity index is 0.00000161. The van der Waals surface area contributed by atoms with Gasteiger partial charge in [0.25, 0.3) is 0 Å². The lowest BCUT2D eigenvalue weighted by molar-refractivity contribution is 0.0691. The summed E-state index contributed by atoms with van der Waals surface area (Å²) in [5.41, 5.74) is 1.18. The number of benzene rings is 1. The van der Waals surface area contributed by atoms with E-state index < -0.39 is 5.97 Å². The Hall–Kier alpha value is -2.01. The van der Waals surface area contributed by atoms with Gasteiger partial charge in [-0.25, -0.2) is 9.78 Å². The summed E-state index contributed by atoms with van der Waals surface area (Å²) in [5, 5.41) is 19.9. The van der Waals surface area contributed by atoms with Crippen LogP contribution in [0.15, 0.2) is 24.3 Å². The van der Waals surface area contributed by atoms with Crippen molar-refractivity contribution >= 4 is 35.0 Å². The van der Waals surface area contributed by atoms with Crippen LogP contribution >= 0.6 is 12.4 Å². The van der Waals surface area contributed by atoms with Crippen molar-refractivity contribution in [2.24, 2.45) is 0 Å². The highest BCUT2D eigenvalue weighted by atomic mass is 35.5. The number of para-hydroxylation sites is 1. The summed E-state index contributed by atoms with van der Waals surface area (Å²) >= 11 is 0. The minimum atomic E-state index is -1.08. The van der Waals surface area contributed by atoms with Crippen LogP contribution in [0.1, 0.15) is 29.8 Å². The van der Waals surface area contributed by atoms with Crippen LogP contribution in [0.25, 0.3) is 10.9 Å². The Morgan fingerprint density at radius 3 is 2.57 bits per heavy atom. The van der Waals surface area contributed by atoms with Crippen molar-refractivity contribution in [1.29, 1.82) is 0 Å². The number of carboxylic acids is 1. The minimum absolute atomic E-state index is 0. The number of nitrogens with zero attached hydrogens (tertiary/aromatic N) is 2. The third kappa shape index (κ3) is 2.88. The molecule has 2 N–H and O–H groups in total. The van der Waals surface area contributed by atoms with E-state index in [-0.39, 0.29) is 23.9 Å². The van der Waals surface area contributed by atoms with E-state index in [1.54, 1.807) is 12.1 Å². The molecule has 0 saturated carbocycles. The van der Waals surface area contributed by atoms with E-state index in [0.29, 0.717) is 5.52 Å². The van der Waals surface area contributed by atoms with Crippen molar-refractivity contribution in [1.82, 2.24) is 4.98 Å². The number of phenolic OH excluding ortho intramolecular Hbond substituents is 1. The number of pyridine rings is 1. The molecular formula is C15H17ClN2O3. The average Bonchev–Trinajstić information content (AvgIpc) is 2.47. The van der Waals surface area contributed by atoms with Crippen LogP contribution in [0.5, 0.6) is 5.75 Å². The molecular weight excluding hydrogens is 292 g/mol. The van der Waals surface area contributed by atoms with Gasteiger partial charge in [-0.1, -0.05) is 12.1 Å². The summed E-state index contributed by atoms with van der Waals surface area (Å²) in [6.45, 7) is 1.82. The Labute approximate surface area is 128 Å². The third-order valence-corrected chi connectivity index (χ3v) is 3.71. The standard InChI is InChI=1S/C15H16N2O3.ClH/c18-13-6-4-5-10-12(17-7-2-1-3-8-17)9-11(15(19)20)16-14(10)13;/h4-6,9,18H,1-3,7-8H2,(H,19,20);1H. The Kier molecular flexibility index (Phi) is 4.53. The molecule has 112 valence electrons. The molecule has 1 aromatic carbocycles. The summed E-state index contributed by atoms with van der Waals surface area (Å²) in [4.78, 5) is 17.5.